The van der Waals surface area contributed by atoms with E-state index in [0.29, 0.717) is 16.3 Å². The van der Waals surface area contributed by atoms with Gasteiger partial charge in [0.1, 0.15) is 0 Å². The Morgan fingerprint density at radius 3 is 2.38 bits per heavy atom. The van der Waals surface area contributed by atoms with Crippen LogP contribution in [0.15, 0.2) is 47.4 Å². The maximum absolute atomic E-state index is 12.8. The van der Waals surface area contributed by atoms with Gasteiger partial charge in [-0.3, -0.25) is 4.79 Å². The molecule has 126 valence electrons. The Kier molecular flexibility index (Phi) is 3.97. The van der Waals surface area contributed by atoms with Crippen LogP contribution in [0.5, 0.6) is 0 Å². The molecule has 1 aliphatic heterocycles. The number of carbonyl (C=O) groups excluding carboxylic acids is 1. The van der Waals surface area contributed by atoms with Crippen molar-refractivity contribution >= 4 is 33.0 Å². The van der Waals surface area contributed by atoms with Crippen LogP contribution in [0.25, 0.3) is 0 Å². The van der Waals surface area contributed by atoms with Gasteiger partial charge in [-0.25, -0.2) is 8.42 Å². The van der Waals surface area contributed by atoms with Crippen LogP contribution in [0.4, 0.5) is 5.69 Å². The predicted octanol–water partition coefficient (Wildman–Crippen LogP) is 3.36. The maximum Gasteiger partial charge on any atom is 0.238 e. The van der Waals surface area contributed by atoms with Crippen molar-refractivity contribution in [3.63, 3.8) is 0 Å². The van der Waals surface area contributed by atoms with Crippen LogP contribution in [-0.2, 0) is 20.0 Å². The molecule has 0 aliphatic carbocycles. The fourth-order valence-electron chi connectivity index (χ4n) is 3.19. The highest BCUT2D eigenvalue weighted by atomic mass is 35.5. The average molecular weight is 364 g/mol. The summed E-state index contributed by atoms with van der Waals surface area (Å²) in [6.45, 7) is 3.56. The number of fused-ring (bicyclic) bond motifs is 1. The number of hydrogen-bond donors (Lipinski definition) is 0. The monoisotopic (exact) mass is 363 g/mol. The normalized spacial score (nSPS) is 20.3. The summed E-state index contributed by atoms with van der Waals surface area (Å²) in [7, 11) is -1.97. The Morgan fingerprint density at radius 2 is 1.75 bits per heavy atom. The lowest BCUT2D eigenvalue weighted by atomic mass is 9.86. The lowest BCUT2D eigenvalue weighted by Crippen LogP contribution is -2.41. The average Bonchev–Trinajstić information content (AvgIpc) is 2.69. The molecule has 0 radical (unpaired) electrons. The molecule has 4 nitrogen and oxygen atoms in total. The molecular weight excluding hydrogens is 346 g/mol. The van der Waals surface area contributed by atoms with Gasteiger partial charge in [-0.2, -0.15) is 0 Å². The maximum atomic E-state index is 12.8. The molecule has 0 saturated heterocycles. The Balaban J connectivity index is 2.07. The summed E-state index contributed by atoms with van der Waals surface area (Å²) in [5.41, 5.74) is 1.18. The summed E-state index contributed by atoms with van der Waals surface area (Å²) in [6, 6.07) is 11.8. The quantitative estimate of drug-likeness (QED) is 0.840. The molecule has 0 aromatic heterocycles. The second-order valence-electron chi connectivity index (χ2n) is 6.43. The van der Waals surface area contributed by atoms with E-state index in [4.69, 9.17) is 11.6 Å². The van der Waals surface area contributed by atoms with E-state index in [9.17, 15) is 13.2 Å². The third-order valence-corrected chi connectivity index (χ3v) is 6.73. The summed E-state index contributed by atoms with van der Waals surface area (Å²) >= 11 is 6.07. The molecule has 0 spiro atoms. The van der Waals surface area contributed by atoms with Crippen LogP contribution >= 0.6 is 11.6 Å². The Labute approximate surface area is 147 Å². The molecule has 0 fully saturated rings. The third-order valence-electron chi connectivity index (χ3n) is 4.55. The largest absolute Gasteiger partial charge is 0.314 e. The first kappa shape index (κ1) is 17.0. The van der Waals surface area contributed by atoms with Crippen LogP contribution in [0.2, 0.25) is 5.02 Å². The van der Waals surface area contributed by atoms with E-state index in [1.807, 2.05) is 6.92 Å². The molecule has 0 N–H and O–H groups in total. The summed E-state index contributed by atoms with van der Waals surface area (Å²) in [5.74, 6) is -0.532. The van der Waals surface area contributed by atoms with Crippen molar-refractivity contribution in [2.45, 2.75) is 24.2 Å². The van der Waals surface area contributed by atoms with Gasteiger partial charge >= 0.3 is 0 Å². The van der Waals surface area contributed by atoms with Gasteiger partial charge in [0.15, 0.2) is 9.84 Å². The Bertz CT molecular complexity index is 922. The fourth-order valence-corrected chi connectivity index (χ4v) is 5.11. The molecule has 0 bridgehead atoms. The van der Waals surface area contributed by atoms with E-state index in [1.54, 1.807) is 56.4 Å². The molecule has 24 heavy (non-hydrogen) atoms. The molecule has 0 unspecified atom stereocenters. The van der Waals surface area contributed by atoms with Crippen molar-refractivity contribution in [2.75, 3.05) is 17.7 Å². The highest BCUT2D eigenvalue weighted by molar-refractivity contribution is 7.91. The lowest BCUT2D eigenvalue weighted by Gasteiger charge is -2.23. The first-order chi connectivity index (χ1) is 11.1. The zero-order valence-electron chi connectivity index (χ0n) is 13.7. The first-order valence-electron chi connectivity index (χ1n) is 7.53. The van der Waals surface area contributed by atoms with Crippen molar-refractivity contribution in [2.24, 2.45) is 0 Å². The minimum absolute atomic E-state index is 0.222. The number of rotatable bonds is 3. The number of amides is 1. The minimum Gasteiger partial charge on any atom is -0.314 e. The van der Waals surface area contributed by atoms with E-state index in [1.165, 1.54) is 4.90 Å². The van der Waals surface area contributed by atoms with E-state index >= 15 is 0 Å². The topological polar surface area (TPSA) is 54.5 Å². The standard InChI is InChI=1S/C18H18ClNO3S/c1-12-4-7-14(8-5-12)24(22,23)11-18(2)15-10-13(19)6-9-16(15)20(3)17(18)21/h4-10H,11H2,1-3H3/t18-/m1/s1. The second-order valence-corrected chi connectivity index (χ2v) is 8.86. The van der Waals surface area contributed by atoms with Crippen molar-refractivity contribution in [3.8, 4) is 0 Å². The number of likely N-dealkylation sites (N-methyl/N-ethyl adjacent to an activating group) is 1. The Morgan fingerprint density at radius 1 is 1.12 bits per heavy atom. The van der Waals surface area contributed by atoms with Crippen molar-refractivity contribution in [1.29, 1.82) is 0 Å². The number of nitrogens with zero attached hydrogens (tertiary/aromatic N) is 1. The van der Waals surface area contributed by atoms with E-state index < -0.39 is 15.3 Å². The summed E-state index contributed by atoms with van der Waals surface area (Å²) in [5, 5.41) is 0.482. The molecule has 3 rings (SSSR count). The SMILES string of the molecule is Cc1ccc(S(=O)(=O)C[C@@]2(C)C(=O)N(C)c3ccc(Cl)cc32)cc1. The predicted molar refractivity (Wildman–Crippen MR) is 95.4 cm³/mol. The van der Waals surface area contributed by atoms with Crippen LogP contribution in [0.3, 0.4) is 0 Å². The summed E-state index contributed by atoms with van der Waals surface area (Å²) in [6.07, 6.45) is 0. The van der Waals surface area contributed by atoms with Crippen molar-refractivity contribution < 1.29 is 13.2 Å². The molecular formula is C18H18ClNO3S. The van der Waals surface area contributed by atoms with Gasteiger partial charge in [0.2, 0.25) is 5.91 Å². The minimum atomic E-state index is -3.62. The molecule has 2 aromatic carbocycles. The van der Waals surface area contributed by atoms with Gasteiger partial charge in [0.05, 0.1) is 16.1 Å². The molecule has 1 amide bonds. The number of benzene rings is 2. The Hall–Kier alpha value is -1.85. The van der Waals surface area contributed by atoms with Crippen LogP contribution in [0.1, 0.15) is 18.1 Å². The second kappa shape index (κ2) is 5.60. The molecule has 2 aromatic rings. The van der Waals surface area contributed by atoms with Crippen LogP contribution in [0, 0.1) is 6.92 Å². The van der Waals surface area contributed by atoms with E-state index in [2.05, 4.69) is 0 Å². The molecule has 1 aliphatic rings. The summed E-state index contributed by atoms with van der Waals surface area (Å²) in [4.78, 5) is 14.5. The van der Waals surface area contributed by atoms with E-state index in [0.717, 1.165) is 5.56 Å². The van der Waals surface area contributed by atoms with Gasteiger partial charge in [-0.15, -0.1) is 0 Å². The molecule has 1 atom stereocenters. The van der Waals surface area contributed by atoms with Gasteiger partial charge < -0.3 is 4.90 Å². The number of halogens is 1. The lowest BCUT2D eigenvalue weighted by molar-refractivity contribution is -0.121. The van der Waals surface area contributed by atoms with Crippen LogP contribution in [-0.4, -0.2) is 27.1 Å². The van der Waals surface area contributed by atoms with Crippen molar-refractivity contribution in [3.05, 3.63) is 58.6 Å². The summed E-state index contributed by atoms with van der Waals surface area (Å²) < 4.78 is 25.7. The number of aryl methyl sites for hydroxylation is 1. The number of anilines is 1. The smallest absolute Gasteiger partial charge is 0.238 e. The number of sulfone groups is 1. The number of hydrogen-bond acceptors (Lipinski definition) is 3. The fraction of sp³-hybridized carbons (Fsp3) is 0.278. The van der Waals surface area contributed by atoms with Gasteiger partial charge in [-0.05, 0) is 49.7 Å². The molecule has 0 saturated carbocycles. The third kappa shape index (κ3) is 2.62. The molecule has 1 heterocycles. The number of carbonyl (C=O) groups is 1. The van der Waals surface area contributed by atoms with Gasteiger partial charge in [0.25, 0.3) is 0 Å². The molecule has 6 heteroatoms. The first-order valence-corrected chi connectivity index (χ1v) is 9.56. The zero-order valence-corrected chi connectivity index (χ0v) is 15.3. The highest BCUT2D eigenvalue weighted by Crippen LogP contribution is 2.43. The zero-order chi connectivity index (χ0) is 17.7. The highest BCUT2D eigenvalue weighted by Gasteiger charge is 2.49. The van der Waals surface area contributed by atoms with Gasteiger partial charge in [0, 0.05) is 17.8 Å². The van der Waals surface area contributed by atoms with E-state index in [-0.39, 0.29) is 16.6 Å². The van der Waals surface area contributed by atoms with Crippen molar-refractivity contribution in [1.82, 2.24) is 0 Å². The van der Waals surface area contributed by atoms with Gasteiger partial charge in [-0.1, -0.05) is 29.3 Å². The van der Waals surface area contributed by atoms with Crippen LogP contribution < -0.4 is 4.90 Å².